The summed E-state index contributed by atoms with van der Waals surface area (Å²) in [5.41, 5.74) is 1.82. The van der Waals surface area contributed by atoms with Gasteiger partial charge in [0.25, 0.3) is 5.56 Å². The number of fused-ring (bicyclic) bond motifs is 1. The van der Waals surface area contributed by atoms with E-state index in [0.717, 1.165) is 5.69 Å². The number of carbonyl (C=O) groups is 1. The number of rotatable bonds is 5. The van der Waals surface area contributed by atoms with Gasteiger partial charge in [0.15, 0.2) is 5.16 Å². The summed E-state index contributed by atoms with van der Waals surface area (Å²) in [6.07, 6.45) is 0.185. The predicted molar refractivity (Wildman–Crippen MR) is 101 cm³/mol. The third-order valence-corrected chi connectivity index (χ3v) is 5.52. The van der Waals surface area contributed by atoms with Crippen molar-refractivity contribution in [1.82, 2.24) is 9.55 Å². The van der Waals surface area contributed by atoms with E-state index in [1.54, 1.807) is 36.8 Å². The summed E-state index contributed by atoms with van der Waals surface area (Å²) in [6.45, 7) is 3.59. The number of hydrogen-bond donors (Lipinski definition) is 1. The van der Waals surface area contributed by atoms with Gasteiger partial charge in [0.1, 0.15) is 11.5 Å². The Morgan fingerprint density at radius 2 is 2.12 bits per heavy atom. The molecule has 0 fully saturated rings. The van der Waals surface area contributed by atoms with Crippen LogP contribution in [-0.2, 0) is 4.79 Å². The molecule has 0 saturated heterocycles. The third-order valence-electron chi connectivity index (χ3n) is 4.42. The zero-order valence-electron chi connectivity index (χ0n) is 15.2. The minimum absolute atomic E-state index is 0.0748. The molecule has 1 atom stereocenters. The number of aromatic nitrogens is 2. The van der Waals surface area contributed by atoms with Crippen molar-refractivity contribution in [1.29, 1.82) is 0 Å². The van der Waals surface area contributed by atoms with E-state index in [2.05, 4.69) is 10.3 Å². The SMILES string of the molecule is COc1ccc(OC)c(NC(=O)CC2CSc3nc(C)c(C)c(=O)n32)c1. The highest BCUT2D eigenvalue weighted by Gasteiger charge is 2.28. The van der Waals surface area contributed by atoms with Crippen LogP contribution in [0.3, 0.4) is 0 Å². The summed E-state index contributed by atoms with van der Waals surface area (Å²) in [6, 6.07) is 4.98. The summed E-state index contributed by atoms with van der Waals surface area (Å²) in [4.78, 5) is 29.6. The lowest BCUT2D eigenvalue weighted by atomic mass is 10.2. The van der Waals surface area contributed by atoms with E-state index in [4.69, 9.17) is 9.47 Å². The Hall–Kier alpha value is -2.48. The molecule has 0 bridgehead atoms. The quantitative estimate of drug-likeness (QED) is 0.809. The van der Waals surface area contributed by atoms with Gasteiger partial charge in [-0.25, -0.2) is 4.98 Å². The zero-order valence-corrected chi connectivity index (χ0v) is 16.0. The average Bonchev–Trinajstić information content (AvgIpc) is 3.01. The largest absolute Gasteiger partial charge is 0.497 e. The Labute approximate surface area is 155 Å². The molecule has 7 nitrogen and oxygen atoms in total. The maximum absolute atomic E-state index is 12.6. The van der Waals surface area contributed by atoms with Gasteiger partial charge in [-0.15, -0.1) is 0 Å². The summed E-state index contributed by atoms with van der Waals surface area (Å²) in [5, 5.41) is 3.53. The lowest BCUT2D eigenvalue weighted by Crippen LogP contribution is -2.29. The molecule has 2 aromatic rings. The van der Waals surface area contributed by atoms with Crippen LogP contribution in [0.15, 0.2) is 28.2 Å². The minimum Gasteiger partial charge on any atom is -0.497 e. The first-order valence-corrected chi connectivity index (χ1v) is 9.17. The molecule has 0 spiro atoms. The second-order valence-electron chi connectivity index (χ2n) is 6.06. The number of benzene rings is 1. The lowest BCUT2D eigenvalue weighted by Gasteiger charge is -2.16. The van der Waals surface area contributed by atoms with Crippen LogP contribution in [-0.4, -0.2) is 35.4 Å². The number of thioether (sulfide) groups is 1. The van der Waals surface area contributed by atoms with Crippen molar-refractivity contribution in [2.75, 3.05) is 25.3 Å². The number of methoxy groups -OCH3 is 2. The van der Waals surface area contributed by atoms with Crippen LogP contribution in [0.4, 0.5) is 5.69 Å². The van der Waals surface area contributed by atoms with Gasteiger partial charge in [0.05, 0.1) is 25.9 Å². The Morgan fingerprint density at radius 1 is 1.35 bits per heavy atom. The molecular weight excluding hydrogens is 354 g/mol. The first-order chi connectivity index (χ1) is 12.4. The number of nitrogens with zero attached hydrogens (tertiary/aromatic N) is 2. The first-order valence-electron chi connectivity index (χ1n) is 8.19. The topological polar surface area (TPSA) is 82.5 Å². The Bertz CT molecular complexity index is 910. The van der Waals surface area contributed by atoms with Crippen molar-refractivity contribution >= 4 is 23.4 Å². The predicted octanol–water partition coefficient (Wildman–Crippen LogP) is 2.55. The van der Waals surface area contributed by atoms with Crippen molar-refractivity contribution in [3.63, 3.8) is 0 Å². The molecule has 1 aromatic carbocycles. The Kier molecular flexibility index (Phi) is 5.22. The van der Waals surface area contributed by atoms with Gasteiger partial charge in [0, 0.05) is 29.5 Å². The van der Waals surface area contributed by atoms with Crippen LogP contribution >= 0.6 is 11.8 Å². The normalized spacial score (nSPS) is 15.5. The van der Waals surface area contributed by atoms with Gasteiger partial charge in [0.2, 0.25) is 5.91 Å². The molecule has 1 aliphatic rings. The Balaban J connectivity index is 1.80. The fraction of sp³-hybridized carbons (Fsp3) is 0.389. The van der Waals surface area contributed by atoms with E-state index in [0.29, 0.717) is 33.7 Å². The lowest BCUT2D eigenvalue weighted by molar-refractivity contribution is -0.116. The van der Waals surface area contributed by atoms with Crippen LogP contribution in [0.2, 0.25) is 0 Å². The van der Waals surface area contributed by atoms with Crippen molar-refractivity contribution < 1.29 is 14.3 Å². The van der Waals surface area contributed by atoms with Gasteiger partial charge in [-0.3, -0.25) is 14.2 Å². The highest BCUT2D eigenvalue weighted by Crippen LogP contribution is 2.34. The third kappa shape index (κ3) is 3.41. The van der Waals surface area contributed by atoms with E-state index in [9.17, 15) is 9.59 Å². The van der Waals surface area contributed by atoms with Gasteiger partial charge < -0.3 is 14.8 Å². The van der Waals surface area contributed by atoms with Crippen LogP contribution in [0.5, 0.6) is 11.5 Å². The van der Waals surface area contributed by atoms with Crippen LogP contribution in [0, 0.1) is 13.8 Å². The standard InChI is InChI=1S/C18H21N3O4S/c1-10-11(2)19-18-21(17(10)23)12(9-26-18)7-16(22)20-14-8-13(24-3)5-6-15(14)25-4/h5-6,8,12H,7,9H2,1-4H3,(H,20,22). The summed E-state index contributed by atoms with van der Waals surface area (Å²) < 4.78 is 12.1. The molecule has 1 aromatic heterocycles. The summed E-state index contributed by atoms with van der Waals surface area (Å²) in [5.74, 6) is 1.62. The molecule has 26 heavy (non-hydrogen) atoms. The smallest absolute Gasteiger partial charge is 0.257 e. The zero-order chi connectivity index (χ0) is 18.8. The van der Waals surface area contributed by atoms with Gasteiger partial charge in [-0.2, -0.15) is 0 Å². The minimum atomic E-state index is -0.217. The fourth-order valence-corrected chi connectivity index (χ4v) is 4.03. The number of anilines is 1. The molecular formula is C18H21N3O4S. The number of amides is 1. The second-order valence-corrected chi connectivity index (χ2v) is 7.05. The van der Waals surface area contributed by atoms with Crippen molar-refractivity contribution in [2.45, 2.75) is 31.5 Å². The van der Waals surface area contributed by atoms with Crippen LogP contribution in [0.1, 0.15) is 23.7 Å². The maximum Gasteiger partial charge on any atom is 0.257 e. The molecule has 1 amide bonds. The van der Waals surface area contributed by atoms with Crippen LogP contribution < -0.4 is 20.3 Å². The van der Waals surface area contributed by atoms with Crippen molar-refractivity contribution in [3.05, 3.63) is 39.8 Å². The number of ether oxygens (including phenoxy) is 2. The molecule has 1 aliphatic heterocycles. The number of hydrogen-bond acceptors (Lipinski definition) is 6. The Morgan fingerprint density at radius 3 is 2.81 bits per heavy atom. The molecule has 0 aliphatic carbocycles. The second kappa shape index (κ2) is 7.41. The van der Waals surface area contributed by atoms with E-state index in [1.807, 2.05) is 6.92 Å². The maximum atomic E-state index is 12.6. The van der Waals surface area contributed by atoms with Crippen LogP contribution in [0.25, 0.3) is 0 Å². The van der Waals surface area contributed by atoms with Gasteiger partial charge in [-0.1, -0.05) is 11.8 Å². The first kappa shape index (κ1) is 18.3. The number of nitrogens with one attached hydrogen (secondary N) is 1. The average molecular weight is 375 g/mol. The van der Waals surface area contributed by atoms with E-state index in [1.165, 1.54) is 18.9 Å². The molecule has 138 valence electrons. The summed E-state index contributed by atoms with van der Waals surface area (Å²) >= 11 is 1.50. The van der Waals surface area contributed by atoms with E-state index < -0.39 is 0 Å². The molecule has 3 rings (SSSR count). The molecule has 2 heterocycles. The van der Waals surface area contributed by atoms with Gasteiger partial charge in [-0.05, 0) is 26.0 Å². The van der Waals surface area contributed by atoms with Crippen molar-refractivity contribution in [3.8, 4) is 11.5 Å². The molecule has 8 heteroatoms. The highest BCUT2D eigenvalue weighted by molar-refractivity contribution is 7.99. The van der Waals surface area contributed by atoms with E-state index in [-0.39, 0.29) is 23.9 Å². The van der Waals surface area contributed by atoms with E-state index >= 15 is 0 Å². The highest BCUT2D eigenvalue weighted by atomic mass is 32.2. The summed E-state index contributed by atoms with van der Waals surface area (Å²) in [7, 11) is 3.10. The molecule has 1 unspecified atom stereocenters. The van der Waals surface area contributed by atoms with Gasteiger partial charge >= 0.3 is 0 Å². The number of carbonyl (C=O) groups excluding carboxylic acids is 1. The molecule has 0 radical (unpaired) electrons. The van der Waals surface area contributed by atoms with Crippen molar-refractivity contribution in [2.24, 2.45) is 0 Å². The molecule has 1 N–H and O–H groups in total. The number of aryl methyl sites for hydroxylation is 1. The fourth-order valence-electron chi connectivity index (χ4n) is 2.85. The monoisotopic (exact) mass is 375 g/mol. The molecule has 0 saturated carbocycles.